The third kappa shape index (κ3) is 1.96. The summed E-state index contributed by atoms with van der Waals surface area (Å²) in [5.74, 6) is 0.785. The van der Waals surface area contributed by atoms with Crippen LogP contribution in [0.4, 0.5) is 5.82 Å². The van der Waals surface area contributed by atoms with E-state index in [1.807, 2.05) is 17.5 Å². The van der Waals surface area contributed by atoms with Gasteiger partial charge in [-0.25, -0.2) is 4.98 Å². The van der Waals surface area contributed by atoms with Gasteiger partial charge in [-0.2, -0.15) is 0 Å². The Hall–Kier alpha value is -1.69. The van der Waals surface area contributed by atoms with Crippen LogP contribution in [0.5, 0.6) is 0 Å². The molecule has 1 aliphatic carbocycles. The van der Waals surface area contributed by atoms with Crippen molar-refractivity contribution in [1.29, 1.82) is 0 Å². The molecule has 0 bridgehead atoms. The van der Waals surface area contributed by atoms with E-state index < -0.39 is 0 Å². The van der Waals surface area contributed by atoms with Crippen molar-refractivity contribution in [1.82, 2.24) is 19.6 Å². The molecule has 6 heteroatoms. The molecular formula is C13H19N5O. The molecule has 1 aliphatic rings. The van der Waals surface area contributed by atoms with Crippen molar-refractivity contribution in [2.75, 3.05) is 11.9 Å². The second-order valence-corrected chi connectivity index (χ2v) is 5.54. The Morgan fingerprint density at radius 2 is 2.37 bits per heavy atom. The summed E-state index contributed by atoms with van der Waals surface area (Å²) >= 11 is 0. The molecule has 1 fully saturated rings. The monoisotopic (exact) mass is 261 g/mol. The molecule has 2 unspecified atom stereocenters. The van der Waals surface area contributed by atoms with Gasteiger partial charge in [0.15, 0.2) is 5.82 Å². The van der Waals surface area contributed by atoms with Crippen LogP contribution in [-0.4, -0.2) is 38.3 Å². The van der Waals surface area contributed by atoms with Crippen LogP contribution >= 0.6 is 0 Å². The zero-order chi connectivity index (χ0) is 13.5. The van der Waals surface area contributed by atoms with E-state index in [0.717, 1.165) is 24.5 Å². The van der Waals surface area contributed by atoms with Crippen molar-refractivity contribution >= 4 is 11.5 Å². The van der Waals surface area contributed by atoms with Crippen LogP contribution in [0, 0.1) is 5.41 Å². The van der Waals surface area contributed by atoms with Gasteiger partial charge in [0, 0.05) is 30.5 Å². The molecule has 2 aromatic rings. The van der Waals surface area contributed by atoms with Gasteiger partial charge in [0.05, 0.1) is 6.10 Å². The predicted octanol–water partition coefficient (Wildman–Crippen LogP) is 1.74. The number of fused-ring (bicyclic) bond motifs is 1. The van der Waals surface area contributed by atoms with E-state index >= 15 is 0 Å². The van der Waals surface area contributed by atoms with Gasteiger partial charge >= 0.3 is 0 Å². The van der Waals surface area contributed by atoms with Crippen LogP contribution in [0.3, 0.4) is 0 Å². The first-order valence-corrected chi connectivity index (χ1v) is 6.65. The predicted molar refractivity (Wildman–Crippen MR) is 72.0 cm³/mol. The Labute approximate surface area is 112 Å². The minimum atomic E-state index is 0.102. The molecule has 2 heterocycles. The number of anilines is 1. The third-order valence-electron chi connectivity index (χ3n) is 4.07. The second-order valence-electron chi connectivity index (χ2n) is 5.54. The molecule has 0 spiro atoms. The first-order chi connectivity index (χ1) is 9.13. The smallest absolute Gasteiger partial charge is 0.203 e. The normalized spacial score (nSPS) is 25.2. The molecule has 1 N–H and O–H groups in total. The van der Waals surface area contributed by atoms with E-state index in [9.17, 15) is 0 Å². The second kappa shape index (κ2) is 4.45. The van der Waals surface area contributed by atoms with E-state index in [2.05, 4.69) is 34.3 Å². The van der Waals surface area contributed by atoms with Crippen molar-refractivity contribution in [3.63, 3.8) is 0 Å². The number of ether oxygens (including phenoxy) is 1. The summed E-state index contributed by atoms with van der Waals surface area (Å²) in [6, 6.07) is 0.347. The van der Waals surface area contributed by atoms with E-state index in [-0.39, 0.29) is 5.41 Å². The lowest BCUT2D eigenvalue weighted by Crippen LogP contribution is -2.58. The van der Waals surface area contributed by atoms with Crippen molar-refractivity contribution in [3.05, 3.63) is 18.7 Å². The molecule has 2 atom stereocenters. The first-order valence-electron chi connectivity index (χ1n) is 6.65. The van der Waals surface area contributed by atoms with E-state index in [1.54, 1.807) is 12.5 Å². The Bertz CT molecular complexity index is 579. The summed E-state index contributed by atoms with van der Waals surface area (Å²) < 4.78 is 7.60. The maximum atomic E-state index is 5.74. The lowest BCUT2D eigenvalue weighted by atomic mass is 9.64. The SMILES string of the molecule is CCOC1CC(Nc2nccn3cnnc23)C1(C)C. The number of hydrogen-bond acceptors (Lipinski definition) is 5. The fourth-order valence-corrected chi connectivity index (χ4v) is 2.64. The zero-order valence-electron chi connectivity index (χ0n) is 11.5. The van der Waals surface area contributed by atoms with Gasteiger partial charge in [-0.1, -0.05) is 13.8 Å². The van der Waals surface area contributed by atoms with E-state index in [1.165, 1.54) is 0 Å². The molecule has 102 valence electrons. The van der Waals surface area contributed by atoms with Gasteiger partial charge < -0.3 is 10.1 Å². The third-order valence-corrected chi connectivity index (χ3v) is 4.07. The minimum absolute atomic E-state index is 0.102. The number of nitrogens with one attached hydrogen (secondary N) is 1. The van der Waals surface area contributed by atoms with E-state index in [0.29, 0.717) is 12.1 Å². The molecule has 0 aromatic carbocycles. The van der Waals surface area contributed by atoms with Gasteiger partial charge in [0.25, 0.3) is 0 Å². The zero-order valence-corrected chi connectivity index (χ0v) is 11.5. The highest BCUT2D eigenvalue weighted by Crippen LogP contribution is 2.44. The van der Waals surface area contributed by atoms with Crippen LogP contribution < -0.4 is 5.32 Å². The lowest BCUT2D eigenvalue weighted by molar-refractivity contribution is -0.0976. The minimum Gasteiger partial charge on any atom is -0.378 e. The molecule has 6 nitrogen and oxygen atoms in total. The van der Waals surface area contributed by atoms with Crippen molar-refractivity contribution in [2.45, 2.75) is 39.3 Å². The Kier molecular flexibility index (Phi) is 2.89. The molecule has 2 aromatic heterocycles. The highest BCUT2D eigenvalue weighted by atomic mass is 16.5. The van der Waals surface area contributed by atoms with Gasteiger partial charge in [-0.15, -0.1) is 10.2 Å². The van der Waals surface area contributed by atoms with E-state index in [4.69, 9.17) is 4.74 Å². The number of aromatic nitrogens is 4. The highest BCUT2D eigenvalue weighted by molar-refractivity contribution is 5.62. The van der Waals surface area contributed by atoms with Crippen LogP contribution in [-0.2, 0) is 4.74 Å². The van der Waals surface area contributed by atoms with Crippen LogP contribution in [0.2, 0.25) is 0 Å². The topological polar surface area (TPSA) is 64.3 Å². The molecule has 0 aliphatic heterocycles. The summed E-state index contributed by atoms with van der Waals surface area (Å²) in [4.78, 5) is 4.36. The number of rotatable bonds is 4. The van der Waals surface area contributed by atoms with Gasteiger partial charge in [0.2, 0.25) is 5.65 Å². The first kappa shape index (κ1) is 12.3. The maximum absolute atomic E-state index is 5.74. The summed E-state index contributed by atoms with van der Waals surface area (Å²) in [6.07, 6.45) is 6.59. The summed E-state index contributed by atoms with van der Waals surface area (Å²) in [7, 11) is 0. The molecule has 0 radical (unpaired) electrons. The van der Waals surface area contributed by atoms with Gasteiger partial charge in [-0.3, -0.25) is 4.40 Å². The van der Waals surface area contributed by atoms with Crippen molar-refractivity contribution in [3.8, 4) is 0 Å². The molecule has 0 saturated heterocycles. The van der Waals surface area contributed by atoms with Gasteiger partial charge in [0.1, 0.15) is 6.33 Å². The average molecular weight is 261 g/mol. The quantitative estimate of drug-likeness (QED) is 0.908. The van der Waals surface area contributed by atoms with Crippen LogP contribution in [0.25, 0.3) is 5.65 Å². The number of nitrogens with zero attached hydrogens (tertiary/aromatic N) is 4. The van der Waals surface area contributed by atoms with Crippen molar-refractivity contribution in [2.24, 2.45) is 5.41 Å². The summed E-state index contributed by atoms with van der Waals surface area (Å²) in [5, 5.41) is 11.5. The van der Waals surface area contributed by atoms with Crippen molar-refractivity contribution < 1.29 is 4.74 Å². The average Bonchev–Trinajstić information content (AvgIpc) is 2.86. The van der Waals surface area contributed by atoms with Crippen LogP contribution in [0.15, 0.2) is 18.7 Å². The van der Waals surface area contributed by atoms with Gasteiger partial charge in [-0.05, 0) is 13.3 Å². The molecule has 0 amide bonds. The largest absolute Gasteiger partial charge is 0.378 e. The fourth-order valence-electron chi connectivity index (χ4n) is 2.64. The molecule has 3 rings (SSSR count). The maximum Gasteiger partial charge on any atom is 0.203 e. The Morgan fingerprint density at radius 3 is 3.11 bits per heavy atom. The fraction of sp³-hybridized carbons (Fsp3) is 0.615. The summed E-state index contributed by atoms with van der Waals surface area (Å²) in [6.45, 7) is 7.24. The Morgan fingerprint density at radius 1 is 1.53 bits per heavy atom. The molecule has 19 heavy (non-hydrogen) atoms. The highest BCUT2D eigenvalue weighted by Gasteiger charge is 2.49. The molecule has 1 saturated carbocycles. The molecular weight excluding hydrogens is 242 g/mol. The lowest BCUT2D eigenvalue weighted by Gasteiger charge is -2.51. The van der Waals surface area contributed by atoms with Crippen LogP contribution in [0.1, 0.15) is 27.2 Å². The summed E-state index contributed by atoms with van der Waals surface area (Å²) in [5.41, 5.74) is 0.864. The Balaban J connectivity index is 1.78. The standard InChI is InChI=1S/C13H19N5O/c1-4-19-10-7-9(13(10,2)3)16-11-12-17-15-8-18(12)6-5-14-11/h5-6,8-10H,4,7H2,1-3H3,(H,14,16). The number of hydrogen-bond donors (Lipinski definition) is 1.